The Hall–Kier alpha value is -0.120. The summed E-state index contributed by atoms with van der Waals surface area (Å²) in [5, 5.41) is 3.52. The largest absolute Gasteiger partial charge is 0.375 e. The van der Waals surface area contributed by atoms with Crippen molar-refractivity contribution in [3.63, 3.8) is 0 Å². The maximum absolute atomic E-state index is 5.69. The molecule has 0 radical (unpaired) electrons. The molecule has 0 saturated carbocycles. The van der Waals surface area contributed by atoms with Crippen molar-refractivity contribution in [1.29, 1.82) is 0 Å². The second kappa shape index (κ2) is 3.73. The third kappa shape index (κ3) is 1.63. The second-order valence-corrected chi connectivity index (χ2v) is 3.65. The van der Waals surface area contributed by atoms with Gasteiger partial charge < -0.3 is 15.0 Å². The lowest BCUT2D eigenvalue weighted by Crippen LogP contribution is -2.58. The van der Waals surface area contributed by atoms with Crippen LogP contribution in [-0.4, -0.2) is 49.8 Å². The molecule has 70 valence electrons. The first-order chi connectivity index (χ1) is 5.90. The van der Waals surface area contributed by atoms with Crippen LogP contribution in [0.25, 0.3) is 0 Å². The molecule has 1 N–H and O–H groups in total. The molecule has 0 aromatic rings. The topological polar surface area (TPSA) is 24.5 Å². The third-order valence-electron chi connectivity index (χ3n) is 2.92. The molecule has 3 nitrogen and oxygen atoms in total. The second-order valence-electron chi connectivity index (χ2n) is 3.65. The molecule has 0 amide bonds. The average Bonchev–Trinajstić information content (AvgIpc) is 2.17. The zero-order valence-corrected chi connectivity index (χ0v) is 7.75. The highest BCUT2D eigenvalue weighted by molar-refractivity contribution is 4.88. The van der Waals surface area contributed by atoms with Crippen LogP contribution in [0.15, 0.2) is 0 Å². The molecular formula is C9H18N2O. The van der Waals surface area contributed by atoms with E-state index in [-0.39, 0.29) is 0 Å². The van der Waals surface area contributed by atoms with E-state index in [0.717, 1.165) is 13.2 Å². The van der Waals surface area contributed by atoms with Crippen molar-refractivity contribution in [2.75, 3.05) is 32.8 Å². The van der Waals surface area contributed by atoms with Gasteiger partial charge in [0.1, 0.15) is 0 Å². The highest BCUT2D eigenvalue weighted by Gasteiger charge is 2.30. The predicted molar refractivity (Wildman–Crippen MR) is 48.3 cm³/mol. The number of morpholine rings is 1. The molecule has 0 bridgehead atoms. The number of fused-ring (bicyclic) bond motifs is 1. The molecule has 0 aromatic heterocycles. The maximum Gasteiger partial charge on any atom is 0.0753 e. The zero-order chi connectivity index (χ0) is 8.39. The highest BCUT2D eigenvalue weighted by atomic mass is 16.5. The molecule has 0 unspecified atom stereocenters. The third-order valence-corrected chi connectivity index (χ3v) is 2.92. The molecule has 0 spiro atoms. The molecule has 0 aromatic carbocycles. The van der Waals surface area contributed by atoms with Gasteiger partial charge in [0.2, 0.25) is 0 Å². The zero-order valence-electron chi connectivity index (χ0n) is 7.75. The van der Waals surface area contributed by atoms with Gasteiger partial charge in [0.05, 0.1) is 12.7 Å². The van der Waals surface area contributed by atoms with E-state index in [9.17, 15) is 0 Å². The Kier molecular flexibility index (Phi) is 2.63. The summed E-state index contributed by atoms with van der Waals surface area (Å²) in [7, 11) is 0. The molecule has 2 aliphatic rings. The molecule has 0 aliphatic carbocycles. The van der Waals surface area contributed by atoms with E-state index in [1.54, 1.807) is 0 Å². The number of hydrogen-bond acceptors (Lipinski definition) is 3. The van der Waals surface area contributed by atoms with Crippen molar-refractivity contribution >= 4 is 0 Å². The molecule has 12 heavy (non-hydrogen) atoms. The Balaban J connectivity index is 1.90. The summed E-state index contributed by atoms with van der Waals surface area (Å²) in [6.45, 7) is 7.70. The normalized spacial score (nSPS) is 37.8. The van der Waals surface area contributed by atoms with Gasteiger partial charge in [-0.2, -0.15) is 0 Å². The monoisotopic (exact) mass is 170 g/mol. The lowest BCUT2D eigenvalue weighted by atomic mass is 10.0. The lowest BCUT2D eigenvalue weighted by molar-refractivity contribution is -0.0420. The van der Waals surface area contributed by atoms with Gasteiger partial charge >= 0.3 is 0 Å². The van der Waals surface area contributed by atoms with Crippen molar-refractivity contribution in [2.24, 2.45) is 0 Å². The smallest absolute Gasteiger partial charge is 0.0753 e. The van der Waals surface area contributed by atoms with Gasteiger partial charge in [0.15, 0.2) is 0 Å². The number of rotatable bonds is 1. The fourth-order valence-electron chi connectivity index (χ4n) is 2.14. The minimum atomic E-state index is 0.488. The lowest BCUT2D eigenvalue weighted by Gasteiger charge is -2.41. The van der Waals surface area contributed by atoms with Crippen molar-refractivity contribution in [2.45, 2.75) is 25.5 Å². The van der Waals surface area contributed by atoms with E-state index >= 15 is 0 Å². The quantitative estimate of drug-likeness (QED) is 0.602. The number of ether oxygens (including phenoxy) is 1. The molecule has 2 saturated heterocycles. The SMILES string of the molecule is CCN1CC[C@H]2OCCN[C@H]2C1. The van der Waals surface area contributed by atoms with Gasteiger partial charge in [-0.15, -0.1) is 0 Å². The number of hydrogen-bond donors (Lipinski definition) is 1. The van der Waals surface area contributed by atoms with E-state index in [0.29, 0.717) is 12.1 Å². The van der Waals surface area contributed by atoms with E-state index in [1.165, 1.54) is 26.1 Å². The Morgan fingerprint density at radius 1 is 1.58 bits per heavy atom. The summed E-state index contributed by atoms with van der Waals surface area (Å²) >= 11 is 0. The molecule has 2 aliphatic heterocycles. The predicted octanol–water partition coefficient (Wildman–Crippen LogP) is 0.0690. The van der Waals surface area contributed by atoms with E-state index in [1.807, 2.05) is 0 Å². The van der Waals surface area contributed by atoms with E-state index in [4.69, 9.17) is 4.74 Å². The number of likely N-dealkylation sites (tertiary alicyclic amines) is 1. The van der Waals surface area contributed by atoms with Crippen LogP contribution in [0.4, 0.5) is 0 Å². The van der Waals surface area contributed by atoms with Crippen molar-refractivity contribution in [1.82, 2.24) is 10.2 Å². The summed E-state index contributed by atoms with van der Waals surface area (Å²) in [6.07, 6.45) is 1.69. The van der Waals surface area contributed by atoms with E-state index in [2.05, 4.69) is 17.1 Å². The van der Waals surface area contributed by atoms with Gasteiger partial charge in [0.25, 0.3) is 0 Å². The van der Waals surface area contributed by atoms with Crippen LogP contribution in [0.1, 0.15) is 13.3 Å². The van der Waals surface area contributed by atoms with E-state index < -0.39 is 0 Å². The summed E-state index contributed by atoms with van der Waals surface area (Å²) in [5.41, 5.74) is 0. The van der Waals surface area contributed by atoms with Crippen LogP contribution in [0.3, 0.4) is 0 Å². The first kappa shape index (κ1) is 8.48. The fraction of sp³-hybridized carbons (Fsp3) is 1.00. The molecule has 2 heterocycles. The number of nitrogens with zero attached hydrogens (tertiary/aromatic N) is 1. The van der Waals surface area contributed by atoms with Gasteiger partial charge in [-0.3, -0.25) is 0 Å². The Bertz CT molecular complexity index is 151. The number of likely N-dealkylation sites (N-methyl/N-ethyl adjacent to an activating group) is 1. The number of piperidine rings is 1. The highest BCUT2D eigenvalue weighted by Crippen LogP contribution is 2.16. The first-order valence-corrected chi connectivity index (χ1v) is 4.97. The Morgan fingerprint density at radius 3 is 3.33 bits per heavy atom. The number of nitrogens with one attached hydrogen (secondary N) is 1. The van der Waals surface area contributed by atoms with Crippen LogP contribution in [0.2, 0.25) is 0 Å². The summed E-state index contributed by atoms with van der Waals surface area (Å²) in [5.74, 6) is 0. The van der Waals surface area contributed by atoms with Crippen LogP contribution in [0, 0.1) is 0 Å². The molecule has 2 atom stereocenters. The summed E-state index contributed by atoms with van der Waals surface area (Å²) < 4.78 is 5.69. The van der Waals surface area contributed by atoms with Crippen molar-refractivity contribution < 1.29 is 4.74 Å². The van der Waals surface area contributed by atoms with Gasteiger partial charge in [-0.05, 0) is 13.0 Å². The molecular weight excluding hydrogens is 152 g/mol. The first-order valence-electron chi connectivity index (χ1n) is 4.97. The van der Waals surface area contributed by atoms with Crippen LogP contribution in [0.5, 0.6) is 0 Å². The van der Waals surface area contributed by atoms with Crippen LogP contribution >= 0.6 is 0 Å². The standard InChI is InChI=1S/C9H18N2O/c1-2-11-5-3-9-8(7-11)10-4-6-12-9/h8-10H,2-7H2,1H3/t8-,9+/m0/s1. The van der Waals surface area contributed by atoms with Gasteiger partial charge in [-0.1, -0.05) is 6.92 Å². The summed E-state index contributed by atoms with van der Waals surface area (Å²) in [4.78, 5) is 2.49. The van der Waals surface area contributed by atoms with Gasteiger partial charge in [0, 0.05) is 25.7 Å². The fourth-order valence-corrected chi connectivity index (χ4v) is 2.14. The van der Waals surface area contributed by atoms with Crippen LogP contribution < -0.4 is 5.32 Å². The minimum absolute atomic E-state index is 0.488. The maximum atomic E-state index is 5.69. The van der Waals surface area contributed by atoms with Crippen LogP contribution in [-0.2, 0) is 4.74 Å². The summed E-state index contributed by atoms with van der Waals surface area (Å²) in [6, 6.07) is 0.590. The Labute approximate surface area is 74.1 Å². The Morgan fingerprint density at radius 2 is 2.50 bits per heavy atom. The molecule has 2 rings (SSSR count). The van der Waals surface area contributed by atoms with Crippen molar-refractivity contribution in [3.8, 4) is 0 Å². The van der Waals surface area contributed by atoms with Crippen molar-refractivity contribution in [3.05, 3.63) is 0 Å². The molecule has 3 heteroatoms. The minimum Gasteiger partial charge on any atom is -0.375 e. The average molecular weight is 170 g/mol. The van der Waals surface area contributed by atoms with Gasteiger partial charge in [-0.25, -0.2) is 0 Å². The molecule has 2 fully saturated rings.